The summed E-state index contributed by atoms with van der Waals surface area (Å²) in [7, 11) is -3.92. The van der Waals surface area contributed by atoms with E-state index in [9.17, 15) is 27.6 Å². The Hall–Kier alpha value is -5.82. The highest BCUT2D eigenvalue weighted by molar-refractivity contribution is 8.00. The number of hydrogen-bond donors (Lipinski definition) is 3. The van der Waals surface area contributed by atoms with Crippen LogP contribution in [0, 0.1) is 0 Å². The smallest absolute Gasteiger partial charge is 0.272 e. The summed E-state index contributed by atoms with van der Waals surface area (Å²) in [6.07, 6.45) is 1.56. The minimum atomic E-state index is -3.92. The Morgan fingerprint density at radius 1 is 0.760 bits per heavy atom. The molecule has 1 atom stereocenters. The summed E-state index contributed by atoms with van der Waals surface area (Å²) < 4.78 is 23.1. The molecule has 5 aromatic carbocycles. The first-order chi connectivity index (χ1) is 24.0. The number of thioether (sulfide) groups is 1. The van der Waals surface area contributed by atoms with Crippen molar-refractivity contribution in [1.82, 2.24) is 5.32 Å². The third-order valence-corrected chi connectivity index (χ3v) is 9.90. The van der Waals surface area contributed by atoms with Gasteiger partial charge in [-0.15, -0.1) is 11.8 Å². The van der Waals surface area contributed by atoms with Gasteiger partial charge in [0.05, 0.1) is 15.8 Å². The topological polar surface area (TPSA) is 156 Å². The predicted molar refractivity (Wildman–Crippen MR) is 193 cm³/mol. The fourth-order valence-electron chi connectivity index (χ4n) is 5.24. The second kappa shape index (κ2) is 14.7. The Labute approximate surface area is 293 Å². The molecule has 1 aliphatic rings. The average Bonchev–Trinajstić information content (AvgIpc) is 3.40. The van der Waals surface area contributed by atoms with Crippen molar-refractivity contribution in [2.75, 3.05) is 10.2 Å². The van der Waals surface area contributed by atoms with Crippen LogP contribution in [-0.2, 0) is 24.4 Å². The van der Waals surface area contributed by atoms with E-state index in [2.05, 4.69) is 10.6 Å². The Balaban J connectivity index is 1.15. The summed E-state index contributed by atoms with van der Waals surface area (Å²) in [6.45, 7) is 0. The zero-order valence-corrected chi connectivity index (χ0v) is 28.0. The molecule has 1 saturated heterocycles. The van der Waals surface area contributed by atoms with E-state index in [1.807, 2.05) is 54.6 Å². The largest absolute Gasteiger partial charge is 0.321 e. The molecule has 250 valence electrons. The van der Waals surface area contributed by atoms with Crippen LogP contribution in [0.25, 0.3) is 17.2 Å². The molecule has 0 aliphatic carbocycles. The molecule has 1 fully saturated rings. The summed E-state index contributed by atoms with van der Waals surface area (Å²) >= 11 is 1.20. The summed E-state index contributed by atoms with van der Waals surface area (Å²) in [5.74, 6) is -1.82. The van der Waals surface area contributed by atoms with Crippen LogP contribution in [0.5, 0.6) is 0 Å². The fourth-order valence-corrected chi connectivity index (χ4v) is 6.81. The normalized spacial score (nSPS) is 14.8. The lowest BCUT2D eigenvalue weighted by Gasteiger charge is -2.15. The van der Waals surface area contributed by atoms with Crippen molar-refractivity contribution in [3.8, 4) is 11.1 Å². The maximum atomic E-state index is 13.5. The third kappa shape index (κ3) is 8.06. The molecule has 5 aromatic rings. The number of sulfonamides is 1. The van der Waals surface area contributed by atoms with Crippen LogP contribution in [0.3, 0.4) is 0 Å². The lowest BCUT2D eigenvalue weighted by atomic mass is 10.0. The van der Waals surface area contributed by atoms with E-state index in [1.165, 1.54) is 36.0 Å². The quantitative estimate of drug-likeness (QED) is 0.122. The molecule has 0 spiro atoms. The van der Waals surface area contributed by atoms with Gasteiger partial charge in [-0.05, 0) is 83.4 Å². The van der Waals surface area contributed by atoms with Crippen molar-refractivity contribution in [1.29, 1.82) is 0 Å². The van der Waals surface area contributed by atoms with E-state index in [0.29, 0.717) is 21.7 Å². The second-order valence-electron chi connectivity index (χ2n) is 11.3. The number of nitrogens with one attached hydrogen (secondary N) is 2. The molecule has 1 heterocycles. The van der Waals surface area contributed by atoms with E-state index >= 15 is 0 Å². The monoisotopic (exact) mass is 702 g/mol. The van der Waals surface area contributed by atoms with Crippen LogP contribution in [0.15, 0.2) is 149 Å². The number of amides is 4. The molecule has 4 N–H and O–H groups in total. The van der Waals surface area contributed by atoms with Crippen molar-refractivity contribution >= 4 is 62.9 Å². The molecular weight excluding hydrogens is 673 g/mol. The highest BCUT2D eigenvalue weighted by atomic mass is 32.2. The number of nitrogens with two attached hydrogens (primary N) is 1. The van der Waals surface area contributed by atoms with Gasteiger partial charge in [-0.1, -0.05) is 72.8 Å². The van der Waals surface area contributed by atoms with Crippen LogP contribution in [0.2, 0.25) is 0 Å². The number of carbonyl (C=O) groups is 4. The molecule has 0 aromatic heterocycles. The Morgan fingerprint density at radius 3 is 1.98 bits per heavy atom. The average molecular weight is 703 g/mol. The number of hydrogen-bond acceptors (Lipinski definition) is 7. The molecule has 6 rings (SSSR count). The summed E-state index contributed by atoms with van der Waals surface area (Å²) in [4.78, 5) is 54.1. The van der Waals surface area contributed by atoms with E-state index in [4.69, 9.17) is 5.14 Å². The molecule has 10 nitrogen and oxygen atoms in total. The van der Waals surface area contributed by atoms with Crippen molar-refractivity contribution in [3.63, 3.8) is 0 Å². The molecule has 0 radical (unpaired) electrons. The highest BCUT2D eigenvalue weighted by Gasteiger charge is 2.40. The maximum absolute atomic E-state index is 13.5. The predicted octanol–water partition coefficient (Wildman–Crippen LogP) is 5.83. The molecule has 0 saturated carbocycles. The van der Waals surface area contributed by atoms with Crippen molar-refractivity contribution < 1.29 is 27.6 Å². The van der Waals surface area contributed by atoms with Gasteiger partial charge in [0.1, 0.15) is 5.70 Å². The van der Waals surface area contributed by atoms with Gasteiger partial charge in [-0.25, -0.2) is 18.5 Å². The van der Waals surface area contributed by atoms with E-state index in [1.54, 1.807) is 60.7 Å². The molecule has 1 aliphatic heterocycles. The molecule has 4 amide bonds. The van der Waals surface area contributed by atoms with Gasteiger partial charge in [0.2, 0.25) is 21.8 Å². The molecule has 1 unspecified atom stereocenters. The van der Waals surface area contributed by atoms with Crippen LogP contribution in [-0.4, -0.2) is 37.3 Å². The van der Waals surface area contributed by atoms with Crippen molar-refractivity contribution in [2.45, 2.75) is 21.5 Å². The van der Waals surface area contributed by atoms with Crippen LogP contribution < -0.4 is 20.7 Å². The van der Waals surface area contributed by atoms with Crippen LogP contribution in [0.4, 0.5) is 11.4 Å². The fraction of sp³-hybridized carbons (Fsp3) is 0.0526. The summed E-state index contributed by atoms with van der Waals surface area (Å²) in [5.41, 5.74) is 3.91. The maximum Gasteiger partial charge on any atom is 0.272 e. The molecular formula is C38H30N4O6S2. The zero-order chi connectivity index (χ0) is 35.3. The standard InChI is InChI=1S/C38H30N4O6S2/c39-50(47,48)32-21-17-30(18-22-32)42-35(43)24-34(38(42)46)49-31-19-15-29(16-20-31)40-37(45)33(41-36(44)28-9-5-2-6-10-28)23-25-11-13-27(14-12-25)26-7-3-1-4-8-26/h1-23,34H,24H2,(H,40,45)(H,41,44)(H2,39,47,48)/b33-23-. The minimum Gasteiger partial charge on any atom is -0.321 e. The number of primary sulfonamides is 1. The van der Waals surface area contributed by atoms with E-state index < -0.39 is 38.9 Å². The summed E-state index contributed by atoms with van der Waals surface area (Å²) in [6, 6.07) is 38.1. The van der Waals surface area contributed by atoms with Crippen molar-refractivity contribution in [2.24, 2.45) is 5.14 Å². The Kier molecular flexibility index (Phi) is 10.0. The highest BCUT2D eigenvalue weighted by Crippen LogP contribution is 2.34. The van der Waals surface area contributed by atoms with Gasteiger partial charge in [-0.2, -0.15) is 0 Å². The van der Waals surface area contributed by atoms with Gasteiger partial charge in [-0.3, -0.25) is 19.2 Å². The zero-order valence-electron chi connectivity index (χ0n) is 26.4. The second-order valence-corrected chi connectivity index (χ2v) is 14.1. The minimum absolute atomic E-state index is 0.0389. The first-order valence-corrected chi connectivity index (χ1v) is 17.8. The van der Waals surface area contributed by atoms with Gasteiger partial charge < -0.3 is 10.6 Å². The van der Waals surface area contributed by atoms with E-state index in [-0.39, 0.29) is 22.7 Å². The summed E-state index contributed by atoms with van der Waals surface area (Å²) in [5, 5.41) is 10.0. The lowest BCUT2D eigenvalue weighted by molar-refractivity contribution is -0.121. The third-order valence-electron chi connectivity index (χ3n) is 7.78. The van der Waals surface area contributed by atoms with Gasteiger partial charge in [0.25, 0.3) is 11.8 Å². The van der Waals surface area contributed by atoms with Gasteiger partial charge in [0, 0.05) is 22.6 Å². The van der Waals surface area contributed by atoms with Crippen LogP contribution in [0.1, 0.15) is 22.3 Å². The van der Waals surface area contributed by atoms with Crippen molar-refractivity contribution in [3.05, 3.63) is 150 Å². The number of benzene rings is 5. The molecule has 50 heavy (non-hydrogen) atoms. The Bertz CT molecular complexity index is 2190. The van der Waals surface area contributed by atoms with E-state index in [0.717, 1.165) is 16.0 Å². The number of carbonyl (C=O) groups excluding carboxylic acids is 4. The Morgan fingerprint density at radius 2 is 1.36 bits per heavy atom. The molecule has 12 heteroatoms. The van der Waals surface area contributed by atoms with Crippen LogP contribution >= 0.6 is 11.8 Å². The number of imide groups is 1. The lowest BCUT2D eigenvalue weighted by Crippen LogP contribution is -2.31. The number of rotatable bonds is 10. The SMILES string of the molecule is NS(=O)(=O)c1ccc(N2C(=O)CC(Sc3ccc(NC(=O)/C(=C/c4ccc(-c5ccccc5)cc4)NC(=O)c4ccccc4)cc3)C2=O)cc1. The number of anilines is 2. The van der Waals surface area contributed by atoms with Gasteiger partial charge >= 0.3 is 0 Å². The number of nitrogens with zero attached hydrogens (tertiary/aromatic N) is 1. The first-order valence-electron chi connectivity index (χ1n) is 15.4. The molecule has 0 bridgehead atoms. The van der Waals surface area contributed by atoms with Gasteiger partial charge in [0.15, 0.2) is 0 Å². The first kappa shape index (κ1) is 34.1.